The van der Waals surface area contributed by atoms with Gasteiger partial charge in [0.05, 0.1) is 26.4 Å². The van der Waals surface area contributed by atoms with Gasteiger partial charge in [0, 0.05) is 48.4 Å². The van der Waals surface area contributed by atoms with Crippen molar-refractivity contribution in [2.75, 3.05) is 55.1 Å². The fourth-order valence-corrected chi connectivity index (χ4v) is 4.19. The molecule has 1 aromatic heterocycles. The molecule has 2 saturated heterocycles. The van der Waals surface area contributed by atoms with E-state index < -0.39 is 6.03 Å². The van der Waals surface area contributed by atoms with Gasteiger partial charge in [0.25, 0.3) is 0 Å². The summed E-state index contributed by atoms with van der Waals surface area (Å²) in [5, 5.41) is 5.55. The van der Waals surface area contributed by atoms with Crippen LogP contribution >= 0.6 is 0 Å². The van der Waals surface area contributed by atoms with Gasteiger partial charge in [0.2, 0.25) is 5.95 Å². The number of nitrogens with zero attached hydrogens (tertiary/aromatic N) is 4. The Morgan fingerprint density at radius 1 is 0.895 bits per heavy atom. The van der Waals surface area contributed by atoms with E-state index in [4.69, 9.17) is 19.2 Å². The van der Waals surface area contributed by atoms with Crippen LogP contribution in [-0.4, -0.2) is 72.4 Å². The third kappa shape index (κ3) is 6.61. The zero-order valence-corrected chi connectivity index (χ0v) is 21.2. The van der Waals surface area contributed by atoms with Gasteiger partial charge in [0.15, 0.2) is 11.6 Å². The van der Waals surface area contributed by atoms with Crippen LogP contribution in [0.2, 0.25) is 0 Å². The lowest BCUT2D eigenvalue weighted by Crippen LogP contribution is -2.37. The van der Waals surface area contributed by atoms with Crippen LogP contribution in [0.15, 0.2) is 48.5 Å². The zero-order valence-electron chi connectivity index (χ0n) is 21.2. The molecule has 0 radical (unpaired) electrons. The first-order chi connectivity index (χ1) is 18.5. The van der Waals surface area contributed by atoms with Crippen LogP contribution in [0.4, 0.5) is 22.1 Å². The number of anilines is 3. The van der Waals surface area contributed by atoms with Crippen LogP contribution in [0.25, 0.3) is 11.4 Å². The predicted molar refractivity (Wildman–Crippen MR) is 142 cm³/mol. The molecule has 2 amide bonds. The standard InChI is InChI=1S/C27H30N6O5/c1-18(34)20-3-2-4-22(17-20)29-26(35)28-21-7-5-19(6-8-21)24-30-25(33-11-15-37-16-12-33)32-27(31-24)38-23-9-13-36-14-10-23/h2-8,17,23H,9-16H2,1H3,(H2,28,29,35). The Hall–Kier alpha value is -4.09. The van der Waals surface area contributed by atoms with Crippen molar-refractivity contribution in [3.63, 3.8) is 0 Å². The van der Waals surface area contributed by atoms with Crippen molar-refractivity contribution in [3.8, 4) is 17.4 Å². The van der Waals surface area contributed by atoms with E-state index in [0.29, 0.717) is 68.2 Å². The summed E-state index contributed by atoms with van der Waals surface area (Å²) in [5.74, 6) is 0.969. The lowest BCUT2D eigenvalue weighted by atomic mass is 10.1. The molecule has 11 nitrogen and oxygen atoms in total. The first-order valence-corrected chi connectivity index (χ1v) is 12.7. The Morgan fingerprint density at radius 2 is 1.61 bits per heavy atom. The Morgan fingerprint density at radius 3 is 2.34 bits per heavy atom. The minimum Gasteiger partial charge on any atom is -0.460 e. The molecule has 2 aliphatic heterocycles. The van der Waals surface area contributed by atoms with Crippen molar-refractivity contribution < 1.29 is 23.8 Å². The van der Waals surface area contributed by atoms with E-state index in [1.54, 1.807) is 36.4 Å². The van der Waals surface area contributed by atoms with Crippen LogP contribution < -0.4 is 20.3 Å². The molecule has 0 atom stereocenters. The minimum atomic E-state index is -0.416. The summed E-state index contributed by atoms with van der Waals surface area (Å²) in [6, 6.07) is 13.9. The number of Topliss-reactive ketones (excluding diaryl/α,β-unsaturated/α-hetero) is 1. The molecule has 2 aliphatic rings. The fraction of sp³-hybridized carbons (Fsp3) is 0.370. The van der Waals surface area contributed by atoms with Gasteiger partial charge in [-0.05, 0) is 43.3 Å². The molecule has 2 N–H and O–H groups in total. The number of ketones is 1. The van der Waals surface area contributed by atoms with Crippen molar-refractivity contribution in [2.24, 2.45) is 0 Å². The highest BCUT2D eigenvalue weighted by Gasteiger charge is 2.21. The summed E-state index contributed by atoms with van der Waals surface area (Å²) in [6.45, 7) is 5.39. The quantitative estimate of drug-likeness (QED) is 0.449. The molecule has 0 unspecified atom stereocenters. The minimum absolute atomic E-state index is 0.00207. The third-order valence-electron chi connectivity index (χ3n) is 6.27. The summed E-state index contributed by atoms with van der Waals surface area (Å²) in [7, 11) is 0. The van der Waals surface area contributed by atoms with E-state index in [0.717, 1.165) is 18.4 Å². The van der Waals surface area contributed by atoms with E-state index in [9.17, 15) is 9.59 Å². The second kappa shape index (κ2) is 12.0. The highest BCUT2D eigenvalue weighted by molar-refractivity contribution is 6.01. The summed E-state index contributed by atoms with van der Waals surface area (Å²) in [5.41, 5.74) is 2.42. The highest BCUT2D eigenvalue weighted by atomic mass is 16.5. The maximum absolute atomic E-state index is 12.5. The van der Waals surface area contributed by atoms with Crippen molar-refractivity contribution in [3.05, 3.63) is 54.1 Å². The number of nitrogens with one attached hydrogen (secondary N) is 2. The second-order valence-corrected chi connectivity index (χ2v) is 9.06. The Balaban J connectivity index is 1.31. The largest absolute Gasteiger partial charge is 0.460 e. The number of morpholine rings is 1. The first kappa shape index (κ1) is 25.6. The molecule has 2 aromatic carbocycles. The van der Waals surface area contributed by atoms with Crippen LogP contribution in [0.5, 0.6) is 6.01 Å². The lowest BCUT2D eigenvalue weighted by molar-refractivity contribution is 0.0216. The molecule has 11 heteroatoms. The average Bonchev–Trinajstić information content (AvgIpc) is 2.94. The van der Waals surface area contributed by atoms with Crippen LogP contribution in [0, 0.1) is 0 Å². The van der Waals surface area contributed by atoms with Gasteiger partial charge < -0.3 is 29.7 Å². The predicted octanol–water partition coefficient (Wildman–Crippen LogP) is 3.78. The topological polar surface area (TPSA) is 128 Å². The monoisotopic (exact) mass is 518 g/mol. The first-order valence-electron chi connectivity index (χ1n) is 12.7. The molecule has 0 bridgehead atoms. The fourth-order valence-electron chi connectivity index (χ4n) is 4.19. The van der Waals surface area contributed by atoms with Gasteiger partial charge in [-0.15, -0.1) is 0 Å². The summed E-state index contributed by atoms with van der Waals surface area (Å²) < 4.78 is 17.0. The molecular formula is C27H30N6O5. The molecule has 38 heavy (non-hydrogen) atoms. The van der Waals surface area contributed by atoms with E-state index in [1.807, 2.05) is 12.1 Å². The second-order valence-electron chi connectivity index (χ2n) is 9.06. The SMILES string of the molecule is CC(=O)c1cccc(NC(=O)Nc2ccc(-c3nc(OC4CCOCC4)nc(N4CCOCC4)n3)cc2)c1. The lowest BCUT2D eigenvalue weighted by Gasteiger charge is -2.27. The van der Waals surface area contributed by atoms with Gasteiger partial charge >= 0.3 is 12.0 Å². The molecule has 0 saturated carbocycles. The number of carbonyl (C=O) groups is 2. The number of rotatable bonds is 7. The number of ether oxygens (including phenoxy) is 3. The number of urea groups is 1. The number of hydrogen-bond donors (Lipinski definition) is 2. The molecule has 198 valence electrons. The average molecular weight is 519 g/mol. The third-order valence-corrected chi connectivity index (χ3v) is 6.27. The van der Waals surface area contributed by atoms with Crippen molar-refractivity contribution in [1.82, 2.24) is 15.0 Å². The van der Waals surface area contributed by atoms with E-state index in [2.05, 4.69) is 25.5 Å². The highest BCUT2D eigenvalue weighted by Crippen LogP contribution is 2.24. The van der Waals surface area contributed by atoms with Crippen LogP contribution in [0.1, 0.15) is 30.1 Å². The molecule has 2 fully saturated rings. The van der Waals surface area contributed by atoms with Crippen molar-refractivity contribution >= 4 is 29.1 Å². The van der Waals surface area contributed by atoms with E-state index in [1.165, 1.54) is 6.92 Å². The zero-order chi connectivity index (χ0) is 26.3. The molecule has 5 rings (SSSR count). The summed E-state index contributed by atoms with van der Waals surface area (Å²) >= 11 is 0. The molecule has 0 spiro atoms. The molecule has 3 heterocycles. The summed E-state index contributed by atoms with van der Waals surface area (Å²) in [6.07, 6.45) is 1.57. The van der Waals surface area contributed by atoms with Crippen molar-refractivity contribution in [1.29, 1.82) is 0 Å². The maximum Gasteiger partial charge on any atom is 0.323 e. The number of amides is 2. The van der Waals surface area contributed by atoms with Gasteiger partial charge in [-0.1, -0.05) is 12.1 Å². The van der Waals surface area contributed by atoms with E-state index in [-0.39, 0.29) is 17.9 Å². The van der Waals surface area contributed by atoms with Crippen LogP contribution in [0.3, 0.4) is 0 Å². The number of aromatic nitrogens is 3. The number of carbonyl (C=O) groups excluding carboxylic acids is 2. The smallest absolute Gasteiger partial charge is 0.323 e. The molecule has 0 aliphatic carbocycles. The summed E-state index contributed by atoms with van der Waals surface area (Å²) in [4.78, 5) is 40.0. The van der Waals surface area contributed by atoms with Gasteiger partial charge in [-0.2, -0.15) is 15.0 Å². The Bertz CT molecular complexity index is 1270. The number of hydrogen-bond acceptors (Lipinski definition) is 9. The maximum atomic E-state index is 12.5. The Kier molecular flexibility index (Phi) is 8.05. The van der Waals surface area contributed by atoms with Crippen LogP contribution in [-0.2, 0) is 9.47 Å². The van der Waals surface area contributed by atoms with E-state index >= 15 is 0 Å². The molecule has 3 aromatic rings. The number of benzene rings is 2. The normalized spacial score (nSPS) is 16.1. The Labute approximate surface area is 220 Å². The van der Waals surface area contributed by atoms with Gasteiger partial charge in [-0.3, -0.25) is 4.79 Å². The van der Waals surface area contributed by atoms with Gasteiger partial charge in [0.1, 0.15) is 6.10 Å². The van der Waals surface area contributed by atoms with Gasteiger partial charge in [-0.25, -0.2) is 4.79 Å². The van der Waals surface area contributed by atoms with Crippen molar-refractivity contribution in [2.45, 2.75) is 25.9 Å². The molecular weight excluding hydrogens is 488 g/mol.